The second kappa shape index (κ2) is 11.9. The molecule has 0 aliphatic carbocycles. The smallest absolute Gasteiger partial charge is 0.313 e. The zero-order valence-electron chi connectivity index (χ0n) is 22.8. The van der Waals surface area contributed by atoms with Crippen LogP contribution >= 0.6 is 0 Å². The average Bonchev–Trinajstić information content (AvgIpc) is 3.42. The van der Waals surface area contributed by atoms with Crippen LogP contribution in [-0.2, 0) is 28.6 Å². The zero-order valence-corrected chi connectivity index (χ0v) is 22.8. The molecule has 38 heavy (non-hydrogen) atoms. The summed E-state index contributed by atoms with van der Waals surface area (Å²) < 4.78 is 17.6. The van der Waals surface area contributed by atoms with E-state index in [0.29, 0.717) is 58.7 Å². The largest absolute Gasteiger partial charge is 0.461 e. The lowest BCUT2D eigenvalue weighted by atomic mass is 9.62. The summed E-state index contributed by atoms with van der Waals surface area (Å²) in [6, 6.07) is -0.857. The minimum atomic E-state index is -1.11. The number of aliphatic hydroxyl groups is 1. The third-order valence-electron chi connectivity index (χ3n) is 8.90. The Bertz CT molecular complexity index is 922. The van der Waals surface area contributed by atoms with Crippen LogP contribution in [0.5, 0.6) is 0 Å². The second-order valence-electron chi connectivity index (χ2n) is 11.1. The van der Waals surface area contributed by atoms with Crippen LogP contribution in [0.2, 0.25) is 0 Å². The SMILES string of the molecule is C=CCOC(=O)[C@@H]1[C@H]2C(=O)N(CCCCO)C(C(=O)N(CC=C)CCN3CCOCC3)C23CC(C)[C@@]1(C)O3. The fraction of sp³-hybridized carbons (Fsp3) is 0.750. The number of hydrogen-bond acceptors (Lipinski definition) is 8. The number of ether oxygens (including phenoxy) is 3. The molecule has 0 radical (unpaired) electrons. The lowest BCUT2D eigenvalue weighted by molar-refractivity contribution is -0.161. The minimum absolute atomic E-state index is 0.000533. The molecular weight excluding hydrogens is 490 g/mol. The number of carbonyl (C=O) groups excluding carboxylic acids is 3. The summed E-state index contributed by atoms with van der Waals surface area (Å²) in [5, 5.41) is 9.37. The number of hydrogen-bond donors (Lipinski definition) is 1. The Morgan fingerprint density at radius 2 is 1.95 bits per heavy atom. The van der Waals surface area contributed by atoms with Gasteiger partial charge in [0.15, 0.2) is 0 Å². The van der Waals surface area contributed by atoms with Gasteiger partial charge in [0, 0.05) is 45.9 Å². The van der Waals surface area contributed by atoms with Gasteiger partial charge in [-0.3, -0.25) is 19.3 Å². The maximum atomic E-state index is 14.4. The van der Waals surface area contributed by atoms with E-state index in [0.717, 1.165) is 13.1 Å². The van der Waals surface area contributed by atoms with E-state index in [1.54, 1.807) is 15.9 Å². The first-order valence-corrected chi connectivity index (χ1v) is 13.8. The van der Waals surface area contributed by atoms with Crippen molar-refractivity contribution < 1.29 is 33.7 Å². The maximum Gasteiger partial charge on any atom is 0.313 e. The Morgan fingerprint density at radius 3 is 2.61 bits per heavy atom. The summed E-state index contributed by atoms with van der Waals surface area (Å²) in [4.78, 5) is 47.3. The van der Waals surface area contributed by atoms with E-state index in [-0.39, 0.29) is 30.9 Å². The van der Waals surface area contributed by atoms with E-state index in [4.69, 9.17) is 14.2 Å². The number of nitrogens with zero attached hydrogens (tertiary/aromatic N) is 3. The van der Waals surface area contributed by atoms with Gasteiger partial charge >= 0.3 is 5.97 Å². The highest BCUT2D eigenvalue weighted by molar-refractivity contribution is 5.98. The number of fused-ring (bicyclic) bond motifs is 1. The first-order chi connectivity index (χ1) is 18.2. The molecule has 4 saturated heterocycles. The molecule has 2 amide bonds. The van der Waals surface area contributed by atoms with Crippen LogP contribution in [0.1, 0.15) is 33.1 Å². The molecule has 4 aliphatic rings. The van der Waals surface area contributed by atoms with E-state index in [1.807, 2.05) is 13.8 Å². The molecule has 10 heteroatoms. The Labute approximate surface area is 225 Å². The van der Waals surface area contributed by atoms with E-state index in [9.17, 15) is 19.5 Å². The Kier molecular flexibility index (Phi) is 8.96. The maximum absolute atomic E-state index is 14.4. The molecule has 2 bridgehead atoms. The standard InChI is InChI=1S/C28H43N3O7/c1-5-9-30(12-11-29-13-17-36-18-14-29)25(34)23-28-19-20(3)27(4,38-28)22(26(35)37-16-6-2)21(28)24(33)31(23)10-7-8-15-32/h5-6,20-23,32H,1-2,7-19H2,3-4H3/t20?,21-,22-,23?,27+,28?/m0/s1. The molecule has 4 rings (SSSR count). The van der Waals surface area contributed by atoms with Crippen molar-refractivity contribution in [1.82, 2.24) is 14.7 Å². The summed E-state index contributed by atoms with van der Waals surface area (Å²) >= 11 is 0. The molecule has 10 nitrogen and oxygen atoms in total. The van der Waals surface area contributed by atoms with E-state index >= 15 is 0 Å². The molecule has 4 heterocycles. The molecule has 6 atom stereocenters. The number of carbonyl (C=O) groups is 3. The van der Waals surface area contributed by atoms with Crippen LogP contribution in [0.3, 0.4) is 0 Å². The Morgan fingerprint density at radius 1 is 1.21 bits per heavy atom. The normalized spacial score (nSPS) is 34.3. The molecular formula is C28H43N3O7. The van der Waals surface area contributed by atoms with Crippen LogP contribution in [0, 0.1) is 17.8 Å². The average molecular weight is 534 g/mol. The molecule has 212 valence electrons. The van der Waals surface area contributed by atoms with E-state index in [2.05, 4.69) is 18.1 Å². The predicted octanol–water partition coefficient (Wildman–Crippen LogP) is 0.846. The summed E-state index contributed by atoms with van der Waals surface area (Å²) in [6.07, 6.45) is 4.76. The van der Waals surface area contributed by atoms with Crippen molar-refractivity contribution in [2.75, 3.05) is 65.7 Å². The number of esters is 1. The number of rotatable bonds is 13. The van der Waals surface area contributed by atoms with Gasteiger partial charge in [-0.25, -0.2) is 0 Å². The third-order valence-corrected chi connectivity index (χ3v) is 8.90. The van der Waals surface area contributed by atoms with Gasteiger partial charge < -0.3 is 29.1 Å². The van der Waals surface area contributed by atoms with Gasteiger partial charge in [-0.1, -0.05) is 25.7 Å². The van der Waals surface area contributed by atoms with Crippen molar-refractivity contribution in [3.63, 3.8) is 0 Å². The third kappa shape index (κ3) is 4.92. The van der Waals surface area contributed by atoms with Gasteiger partial charge in [0.05, 0.1) is 24.7 Å². The first-order valence-electron chi connectivity index (χ1n) is 13.8. The Hall–Kier alpha value is -2.27. The van der Waals surface area contributed by atoms with Crippen molar-refractivity contribution in [2.24, 2.45) is 17.8 Å². The number of amides is 2. The summed E-state index contributed by atoms with van der Waals surface area (Å²) in [7, 11) is 0. The number of morpholine rings is 1. The zero-order chi connectivity index (χ0) is 27.5. The number of likely N-dealkylation sites (tertiary alicyclic amines) is 1. The van der Waals surface area contributed by atoms with Crippen molar-refractivity contribution in [1.29, 1.82) is 0 Å². The predicted molar refractivity (Wildman–Crippen MR) is 140 cm³/mol. The Balaban J connectivity index is 1.67. The van der Waals surface area contributed by atoms with Gasteiger partial charge in [-0.05, 0) is 32.1 Å². The van der Waals surface area contributed by atoms with Crippen LogP contribution in [0.25, 0.3) is 0 Å². The van der Waals surface area contributed by atoms with Crippen LogP contribution < -0.4 is 0 Å². The molecule has 0 aromatic rings. The molecule has 4 fully saturated rings. The van der Waals surface area contributed by atoms with Gasteiger partial charge in [0.25, 0.3) is 0 Å². The second-order valence-corrected chi connectivity index (χ2v) is 11.1. The molecule has 0 aromatic carbocycles. The van der Waals surface area contributed by atoms with Crippen LogP contribution in [0.15, 0.2) is 25.3 Å². The summed E-state index contributed by atoms with van der Waals surface area (Å²) in [5.41, 5.74) is -2.02. The van der Waals surface area contributed by atoms with Crippen molar-refractivity contribution in [3.05, 3.63) is 25.3 Å². The molecule has 1 N–H and O–H groups in total. The summed E-state index contributed by atoms with van der Waals surface area (Å²) in [5.74, 6) is -2.58. The quantitative estimate of drug-likeness (QED) is 0.211. The monoisotopic (exact) mass is 533 g/mol. The minimum Gasteiger partial charge on any atom is -0.461 e. The van der Waals surface area contributed by atoms with Crippen LogP contribution in [-0.4, -0.2) is 121 Å². The topological polar surface area (TPSA) is 109 Å². The fourth-order valence-corrected chi connectivity index (χ4v) is 6.95. The lowest BCUT2D eigenvalue weighted by Crippen LogP contribution is -2.57. The number of aliphatic hydroxyl groups excluding tert-OH is 1. The highest BCUT2D eigenvalue weighted by Crippen LogP contribution is 2.65. The highest BCUT2D eigenvalue weighted by Gasteiger charge is 2.80. The van der Waals surface area contributed by atoms with E-state index < -0.39 is 35.0 Å². The van der Waals surface area contributed by atoms with Crippen molar-refractivity contribution in [2.45, 2.75) is 50.4 Å². The van der Waals surface area contributed by atoms with Gasteiger partial charge in [-0.15, -0.1) is 6.58 Å². The van der Waals surface area contributed by atoms with E-state index in [1.165, 1.54) is 6.08 Å². The van der Waals surface area contributed by atoms with Gasteiger partial charge in [0.2, 0.25) is 11.8 Å². The number of unbranched alkanes of at least 4 members (excludes halogenated alkanes) is 1. The molecule has 4 aliphatic heterocycles. The van der Waals surface area contributed by atoms with Gasteiger partial charge in [0.1, 0.15) is 24.2 Å². The molecule has 0 aromatic heterocycles. The highest BCUT2D eigenvalue weighted by atomic mass is 16.6. The molecule has 3 unspecified atom stereocenters. The molecule has 0 saturated carbocycles. The molecule has 1 spiro atoms. The van der Waals surface area contributed by atoms with Crippen molar-refractivity contribution in [3.8, 4) is 0 Å². The van der Waals surface area contributed by atoms with Crippen molar-refractivity contribution >= 4 is 17.8 Å². The summed E-state index contributed by atoms with van der Waals surface area (Å²) in [6.45, 7) is 16.2. The van der Waals surface area contributed by atoms with Gasteiger partial charge in [-0.2, -0.15) is 0 Å². The fourth-order valence-electron chi connectivity index (χ4n) is 6.95. The van der Waals surface area contributed by atoms with Crippen LogP contribution in [0.4, 0.5) is 0 Å². The first kappa shape index (κ1) is 28.7. The lowest BCUT2D eigenvalue weighted by Gasteiger charge is -2.38.